The average Bonchev–Trinajstić information content (AvgIpc) is 2.61. The monoisotopic (exact) mass is 247 g/mol. The average molecular weight is 247 g/mol. The standard InChI is InChI=1S/C8H4F3N3O3/c9-8(10,11)4-3-12-7-6(4)5(14(16)17)1-2-13(7)15/h1-3,15H. The Bertz CT molecular complexity index is 563. The van der Waals surface area contributed by atoms with E-state index in [4.69, 9.17) is 0 Å². The molecule has 0 atom stereocenters. The molecule has 0 saturated carbocycles. The van der Waals surface area contributed by atoms with Crippen LogP contribution in [-0.4, -0.2) is 19.8 Å². The van der Waals surface area contributed by atoms with Crippen molar-refractivity contribution in [2.24, 2.45) is 0 Å². The van der Waals surface area contributed by atoms with E-state index < -0.39 is 33.7 Å². The molecule has 0 aromatic rings. The van der Waals surface area contributed by atoms with Gasteiger partial charge in [0.15, 0.2) is 5.82 Å². The minimum atomic E-state index is -4.77. The van der Waals surface area contributed by atoms with Crippen molar-refractivity contribution in [1.82, 2.24) is 9.71 Å². The van der Waals surface area contributed by atoms with Crippen LogP contribution in [0.2, 0.25) is 0 Å². The summed E-state index contributed by atoms with van der Waals surface area (Å²) in [6, 6.07) is 0.777. The molecular weight excluding hydrogens is 243 g/mol. The van der Waals surface area contributed by atoms with Crippen molar-refractivity contribution in [3.05, 3.63) is 34.1 Å². The van der Waals surface area contributed by atoms with Gasteiger partial charge in [-0.3, -0.25) is 10.1 Å². The predicted molar refractivity (Wildman–Crippen MR) is 47.7 cm³/mol. The Balaban J connectivity index is 2.81. The van der Waals surface area contributed by atoms with Crippen molar-refractivity contribution in [2.45, 2.75) is 6.18 Å². The molecule has 2 rings (SSSR count). The molecule has 0 aromatic heterocycles. The van der Waals surface area contributed by atoms with E-state index in [9.17, 15) is 28.5 Å². The summed E-state index contributed by atoms with van der Waals surface area (Å²) in [5.41, 5.74) is -2.73. The molecule has 0 amide bonds. The zero-order valence-corrected chi connectivity index (χ0v) is 7.97. The van der Waals surface area contributed by atoms with Gasteiger partial charge >= 0.3 is 6.18 Å². The maximum absolute atomic E-state index is 12.6. The van der Waals surface area contributed by atoms with Crippen molar-refractivity contribution in [3.8, 4) is 11.4 Å². The molecule has 2 aliphatic rings. The van der Waals surface area contributed by atoms with Gasteiger partial charge in [-0.05, 0) is 0 Å². The summed E-state index contributed by atoms with van der Waals surface area (Å²) in [5, 5.41) is 19.8. The zero-order valence-electron chi connectivity index (χ0n) is 7.97. The van der Waals surface area contributed by atoms with Gasteiger partial charge in [0.1, 0.15) is 5.56 Å². The number of pyridine rings is 1. The number of hydrogen-bond acceptors (Lipinski definition) is 4. The molecule has 0 spiro atoms. The number of rotatable bonds is 1. The van der Waals surface area contributed by atoms with Crippen LogP contribution in [0, 0.1) is 10.1 Å². The molecule has 1 N–H and O–H groups in total. The fourth-order valence-electron chi connectivity index (χ4n) is 1.46. The van der Waals surface area contributed by atoms with Gasteiger partial charge in [0.2, 0.25) is 0 Å². The van der Waals surface area contributed by atoms with E-state index in [0.29, 0.717) is 10.9 Å². The molecule has 0 aliphatic carbocycles. The van der Waals surface area contributed by atoms with E-state index >= 15 is 0 Å². The van der Waals surface area contributed by atoms with Crippen molar-refractivity contribution < 1.29 is 23.3 Å². The molecule has 17 heavy (non-hydrogen) atoms. The fourth-order valence-corrected chi connectivity index (χ4v) is 1.46. The molecule has 0 saturated heterocycles. The van der Waals surface area contributed by atoms with Crippen molar-refractivity contribution >= 4 is 5.69 Å². The lowest BCUT2D eigenvalue weighted by molar-refractivity contribution is -0.384. The van der Waals surface area contributed by atoms with E-state index in [2.05, 4.69) is 4.98 Å². The summed E-state index contributed by atoms with van der Waals surface area (Å²) >= 11 is 0. The Labute approximate surface area is 91.4 Å². The molecule has 0 radical (unpaired) electrons. The Morgan fingerprint density at radius 3 is 2.65 bits per heavy atom. The number of fused-ring (bicyclic) bond motifs is 1. The number of halogens is 3. The second-order valence-corrected chi connectivity index (χ2v) is 3.17. The normalized spacial score (nSPS) is 11.9. The van der Waals surface area contributed by atoms with E-state index in [1.54, 1.807) is 0 Å². The van der Waals surface area contributed by atoms with Gasteiger partial charge in [0.25, 0.3) is 5.69 Å². The van der Waals surface area contributed by atoms with Crippen LogP contribution in [0.4, 0.5) is 18.9 Å². The lowest BCUT2D eigenvalue weighted by Crippen LogP contribution is -2.08. The first-order valence-corrected chi connectivity index (χ1v) is 4.23. The van der Waals surface area contributed by atoms with Crippen LogP contribution >= 0.6 is 0 Å². The molecule has 9 heteroatoms. The molecular formula is C8H4F3N3O3. The molecule has 0 aromatic carbocycles. The first-order chi connectivity index (χ1) is 7.82. The van der Waals surface area contributed by atoms with Crippen molar-refractivity contribution in [2.75, 3.05) is 0 Å². The Morgan fingerprint density at radius 1 is 1.47 bits per heavy atom. The van der Waals surface area contributed by atoms with E-state index in [1.165, 1.54) is 0 Å². The van der Waals surface area contributed by atoms with Gasteiger partial charge in [-0.25, -0.2) is 4.98 Å². The van der Waals surface area contributed by atoms with E-state index in [-0.39, 0.29) is 0 Å². The highest BCUT2D eigenvalue weighted by Crippen LogP contribution is 2.42. The smallest absolute Gasteiger partial charge is 0.418 e. The summed E-state index contributed by atoms with van der Waals surface area (Å²) < 4.78 is 38.0. The maximum atomic E-state index is 12.6. The summed E-state index contributed by atoms with van der Waals surface area (Å²) in [5.74, 6) is -0.508. The van der Waals surface area contributed by atoms with Gasteiger partial charge in [-0.2, -0.15) is 17.9 Å². The Hall–Kier alpha value is -2.32. The fraction of sp³-hybridized carbons (Fsp3) is 0.125. The SMILES string of the molecule is O=[N+]([O-])c1ccn(O)c2ncc(C(F)(F)F)c1-2. The van der Waals surface area contributed by atoms with E-state index in [1.807, 2.05) is 0 Å². The third-order valence-electron chi connectivity index (χ3n) is 2.16. The summed E-state index contributed by atoms with van der Waals surface area (Å²) in [6.45, 7) is 0. The molecule has 0 bridgehead atoms. The van der Waals surface area contributed by atoms with Crippen molar-refractivity contribution in [1.29, 1.82) is 0 Å². The maximum Gasteiger partial charge on any atom is 0.418 e. The molecule has 2 heterocycles. The Kier molecular flexibility index (Phi) is 2.19. The number of nitro groups is 1. The van der Waals surface area contributed by atoms with Crippen LogP contribution in [0.15, 0.2) is 18.5 Å². The van der Waals surface area contributed by atoms with E-state index in [0.717, 1.165) is 12.3 Å². The number of hydrogen-bond donors (Lipinski definition) is 1. The first kappa shape index (κ1) is 11.2. The quantitative estimate of drug-likeness (QED) is 0.475. The number of aromatic nitrogens is 2. The number of nitrogens with zero attached hydrogens (tertiary/aromatic N) is 3. The molecule has 2 aliphatic heterocycles. The molecule has 90 valence electrons. The minimum Gasteiger partial charge on any atom is -0.427 e. The Morgan fingerprint density at radius 2 is 2.12 bits per heavy atom. The highest BCUT2D eigenvalue weighted by atomic mass is 19.4. The summed E-state index contributed by atoms with van der Waals surface area (Å²) in [6.07, 6.45) is -3.47. The molecule has 0 unspecified atom stereocenters. The van der Waals surface area contributed by atoms with Gasteiger partial charge in [-0.15, -0.1) is 0 Å². The molecule has 6 nitrogen and oxygen atoms in total. The summed E-state index contributed by atoms with van der Waals surface area (Å²) in [4.78, 5) is 13.0. The minimum absolute atomic E-state index is 0.303. The van der Waals surface area contributed by atoms with Gasteiger partial charge in [-0.1, -0.05) is 0 Å². The third kappa shape index (κ3) is 1.65. The van der Waals surface area contributed by atoms with Crippen LogP contribution < -0.4 is 0 Å². The number of alkyl halides is 3. The van der Waals surface area contributed by atoms with Gasteiger partial charge in [0, 0.05) is 12.3 Å². The first-order valence-electron chi connectivity index (χ1n) is 4.23. The predicted octanol–water partition coefficient (Wildman–Crippen LogP) is 2.15. The topological polar surface area (TPSA) is 81.2 Å². The van der Waals surface area contributed by atoms with Crippen LogP contribution in [0.5, 0.6) is 0 Å². The van der Waals surface area contributed by atoms with Crippen molar-refractivity contribution in [3.63, 3.8) is 0 Å². The lowest BCUT2D eigenvalue weighted by atomic mass is 10.1. The van der Waals surface area contributed by atoms with Gasteiger partial charge < -0.3 is 5.21 Å². The second-order valence-electron chi connectivity index (χ2n) is 3.17. The molecule has 0 fully saturated rings. The van der Waals surface area contributed by atoms with Gasteiger partial charge in [0.05, 0.1) is 16.7 Å². The highest BCUT2D eigenvalue weighted by Gasteiger charge is 2.40. The van der Waals surface area contributed by atoms with Crippen LogP contribution in [-0.2, 0) is 6.18 Å². The zero-order chi connectivity index (χ0) is 12.8. The van der Waals surface area contributed by atoms with Crippen LogP contribution in [0.1, 0.15) is 5.56 Å². The summed E-state index contributed by atoms with van der Waals surface area (Å²) in [7, 11) is 0. The van der Waals surface area contributed by atoms with Crippen LogP contribution in [0.3, 0.4) is 0 Å². The third-order valence-corrected chi connectivity index (χ3v) is 2.16. The largest absolute Gasteiger partial charge is 0.427 e. The second kappa shape index (κ2) is 3.34. The highest BCUT2D eigenvalue weighted by molar-refractivity contribution is 5.74. The lowest BCUT2D eigenvalue weighted by Gasteiger charge is -2.08. The van der Waals surface area contributed by atoms with Crippen LogP contribution in [0.25, 0.3) is 11.4 Å².